The van der Waals surface area contributed by atoms with Gasteiger partial charge in [-0.3, -0.25) is 10.1 Å². The monoisotopic (exact) mass is 469 g/mol. The van der Waals surface area contributed by atoms with Crippen molar-refractivity contribution in [2.75, 3.05) is 5.32 Å². The third-order valence-electron chi connectivity index (χ3n) is 4.99. The first-order valence-corrected chi connectivity index (χ1v) is 12.1. The third-order valence-corrected chi connectivity index (χ3v) is 7.67. The van der Waals surface area contributed by atoms with Crippen LogP contribution < -0.4 is 5.32 Å². The maximum atomic E-state index is 12.6. The van der Waals surface area contributed by atoms with Crippen LogP contribution in [0.4, 0.5) is 5.13 Å². The minimum atomic E-state index is -3.65. The minimum absolute atomic E-state index is 0.0146. The van der Waals surface area contributed by atoms with Gasteiger partial charge >= 0.3 is 0 Å². The Kier molecular flexibility index (Phi) is 6.62. The van der Waals surface area contributed by atoms with Gasteiger partial charge in [0.2, 0.25) is 15.0 Å². The number of amides is 1. The van der Waals surface area contributed by atoms with E-state index in [1.165, 1.54) is 19.9 Å². The number of sulfone groups is 1. The van der Waals surface area contributed by atoms with Crippen LogP contribution in [0.1, 0.15) is 36.4 Å². The number of carbonyl (C=O) groups excluding carboxylic acids is 1. The zero-order chi connectivity index (χ0) is 23.6. The van der Waals surface area contributed by atoms with Crippen molar-refractivity contribution < 1.29 is 13.2 Å². The normalized spacial score (nSPS) is 12.1. The molecule has 0 bridgehead atoms. The van der Waals surface area contributed by atoms with E-state index in [0.717, 1.165) is 39.7 Å². The van der Waals surface area contributed by atoms with Gasteiger partial charge in [-0.15, -0.1) is 0 Å². The van der Waals surface area contributed by atoms with Crippen molar-refractivity contribution in [3.05, 3.63) is 58.4 Å². The Balaban J connectivity index is 1.90. The summed E-state index contributed by atoms with van der Waals surface area (Å²) in [7, 11) is -3.65. The fraction of sp³-hybridized carbons (Fsp3) is 0.273. The van der Waals surface area contributed by atoms with E-state index in [9.17, 15) is 18.5 Å². The molecular weight excluding hydrogens is 446 g/mol. The number of nitrogens with zero attached hydrogens (tertiary/aromatic N) is 4. The minimum Gasteiger partial charge on any atom is -0.318 e. The molecule has 0 saturated carbocycles. The summed E-state index contributed by atoms with van der Waals surface area (Å²) < 4.78 is 30.3. The topological polar surface area (TPSA) is 118 Å². The quantitative estimate of drug-likeness (QED) is 0.431. The molecule has 10 heteroatoms. The highest BCUT2D eigenvalue weighted by Crippen LogP contribution is 2.25. The van der Waals surface area contributed by atoms with Gasteiger partial charge in [0.15, 0.2) is 0 Å². The van der Waals surface area contributed by atoms with Gasteiger partial charge in [-0.2, -0.15) is 14.6 Å². The van der Waals surface area contributed by atoms with Crippen LogP contribution >= 0.6 is 11.5 Å². The zero-order valence-electron chi connectivity index (χ0n) is 18.4. The van der Waals surface area contributed by atoms with E-state index in [1.807, 2.05) is 57.2 Å². The molecule has 1 amide bonds. The molecule has 0 aliphatic rings. The van der Waals surface area contributed by atoms with Gasteiger partial charge in [-0.25, -0.2) is 8.42 Å². The number of hydrogen-bond donors (Lipinski definition) is 1. The van der Waals surface area contributed by atoms with Gasteiger partial charge in [0.1, 0.15) is 11.6 Å². The second kappa shape index (κ2) is 9.06. The summed E-state index contributed by atoms with van der Waals surface area (Å²) in [5, 5.41) is 11.0. The van der Waals surface area contributed by atoms with Gasteiger partial charge in [0.05, 0.1) is 5.25 Å². The number of hydrogen-bond acceptors (Lipinski definition) is 7. The molecule has 0 saturated heterocycles. The summed E-state index contributed by atoms with van der Waals surface area (Å²) in [6.07, 6.45) is 1.51. The van der Waals surface area contributed by atoms with E-state index in [4.69, 9.17) is 0 Å². The standard InChI is InChI=1S/C22H23N5O3S2/c1-13(2)32(29,30)22-25-21(31-26-22)24-20(28)18(12-23)11-17-10-15(4)27(16(17)5)19-9-7-6-8-14(19)3/h6-11,13H,1-5H3,(H,24,25,26,28). The lowest BCUT2D eigenvalue weighted by Crippen LogP contribution is -2.16. The second-order valence-corrected chi connectivity index (χ2v) is 10.7. The van der Waals surface area contributed by atoms with Crippen LogP contribution in [-0.2, 0) is 14.6 Å². The van der Waals surface area contributed by atoms with E-state index < -0.39 is 21.0 Å². The Morgan fingerprint density at radius 1 is 1.25 bits per heavy atom. The van der Waals surface area contributed by atoms with Crippen molar-refractivity contribution in [1.29, 1.82) is 5.26 Å². The van der Waals surface area contributed by atoms with Gasteiger partial charge in [-0.05, 0) is 64.0 Å². The lowest BCUT2D eigenvalue weighted by molar-refractivity contribution is -0.112. The van der Waals surface area contributed by atoms with Crippen molar-refractivity contribution in [2.24, 2.45) is 0 Å². The predicted molar refractivity (Wildman–Crippen MR) is 124 cm³/mol. The molecule has 0 atom stereocenters. The van der Waals surface area contributed by atoms with Crippen LogP contribution in [0.25, 0.3) is 11.8 Å². The highest BCUT2D eigenvalue weighted by Gasteiger charge is 2.25. The Morgan fingerprint density at radius 3 is 2.56 bits per heavy atom. The molecule has 1 aromatic carbocycles. The molecule has 0 fully saturated rings. The average molecular weight is 470 g/mol. The Hall–Kier alpha value is -3.29. The smallest absolute Gasteiger partial charge is 0.268 e. The maximum absolute atomic E-state index is 12.6. The second-order valence-electron chi connectivity index (χ2n) is 7.55. The number of benzene rings is 1. The molecule has 0 aliphatic carbocycles. The average Bonchev–Trinajstić information content (AvgIpc) is 3.31. The summed E-state index contributed by atoms with van der Waals surface area (Å²) in [5.41, 5.74) is 4.59. The van der Waals surface area contributed by atoms with Crippen molar-refractivity contribution in [2.45, 2.75) is 45.0 Å². The van der Waals surface area contributed by atoms with Crippen LogP contribution in [0.5, 0.6) is 0 Å². The predicted octanol–water partition coefficient (Wildman–Crippen LogP) is 3.98. The number of carbonyl (C=O) groups is 1. The molecule has 166 valence electrons. The molecule has 32 heavy (non-hydrogen) atoms. The molecule has 2 aromatic heterocycles. The van der Waals surface area contributed by atoms with E-state index in [0.29, 0.717) is 0 Å². The Morgan fingerprint density at radius 2 is 1.94 bits per heavy atom. The number of rotatable bonds is 6. The molecule has 2 heterocycles. The van der Waals surface area contributed by atoms with Crippen molar-refractivity contribution in [3.8, 4) is 11.8 Å². The number of nitriles is 1. The van der Waals surface area contributed by atoms with Crippen molar-refractivity contribution >= 4 is 38.5 Å². The molecule has 8 nitrogen and oxygen atoms in total. The first-order valence-electron chi connectivity index (χ1n) is 9.82. The molecule has 0 spiro atoms. The molecule has 0 radical (unpaired) electrons. The lowest BCUT2D eigenvalue weighted by Gasteiger charge is -2.12. The van der Waals surface area contributed by atoms with Crippen LogP contribution in [-0.4, -0.2) is 33.5 Å². The van der Waals surface area contributed by atoms with E-state index in [-0.39, 0.29) is 15.9 Å². The van der Waals surface area contributed by atoms with Gasteiger partial charge in [0.25, 0.3) is 11.1 Å². The highest BCUT2D eigenvalue weighted by atomic mass is 32.2. The summed E-state index contributed by atoms with van der Waals surface area (Å²) in [6, 6.07) is 11.8. The molecule has 0 aliphatic heterocycles. The number of aromatic nitrogens is 3. The van der Waals surface area contributed by atoms with Gasteiger partial charge in [0, 0.05) is 28.6 Å². The molecule has 3 aromatic rings. The molecular formula is C22H23N5O3S2. The Labute approximate surface area is 191 Å². The maximum Gasteiger partial charge on any atom is 0.268 e. The van der Waals surface area contributed by atoms with E-state index >= 15 is 0 Å². The largest absolute Gasteiger partial charge is 0.318 e. The number of nitrogens with one attached hydrogen (secondary N) is 1. The molecule has 1 N–H and O–H groups in total. The van der Waals surface area contributed by atoms with E-state index in [2.05, 4.69) is 19.2 Å². The molecule has 0 unspecified atom stereocenters. The first kappa shape index (κ1) is 23.4. The van der Waals surface area contributed by atoms with Gasteiger partial charge in [-0.1, -0.05) is 18.2 Å². The SMILES string of the molecule is Cc1ccccc1-n1c(C)cc(C=C(C#N)C(=O)Nc2nc(S(=O)(=O)C(C)C)ns2)c1C. The highest BCUT2D eigenvalue weighted by molar-refractivity contribution is 7.91. The van der Waals surface area contributed by atoms with Crippen molar-refractivity contribution in [1.82, 2.24) is 13.9 Å². The fourth-order valence-corrected chi connectivity index (χ4v) is 4.87. The Bertz CT molecular complexity index is 1360. The zero-order valence-corrected chi connectivity index (χ0v) is 20.0. The summed E-state index contributed by atoms with van der Waals surface area (Å²) in [5.74, 6) is -0.683. The van der Waals surface area contributed by atoms with Crippen LogP contribution in [0.3, 0.4) is 0 Å². The van der Waals surface area contributed by atoms with Gasteiger partial charge < -0.3 is 4.57 Å². The summed E-state index contributed by atoms with van der Waals surface area (Å²) in [6.45, 7) is 8.96. The fourth-order valence-electron chi connectivity index (χ4n) is 3.17. The number of para-hydroxylation sites is 1. The van der Waals surface area contributed by atoms with Crippen LogP contribution in [0.2, 0.25) is 0 Å². The molecule has 3 rings (SSSR count). The number of anilines is 1. The lowest BCUT2D eigenvalue weighted by atomic mass is 10.1. The van der Waals surface area contributed by atoms with Crippen molar-refractivity contribution in [3.63, 3.8) is 0 Å². The summed E-state index contributed by atoms with van der Waals surface area (Å²) >= 11 is 0.752. The van der Waals surface area contributed by atoms with Crippen LogP contribution in [0.15, 0.2) is 41.1 Å². The third kappa shape index (κ3) is 4.49. The van der Waals surface area contributed by atoms with E-state index in [1.54, 1.807) is 0 Å². The first-order chi connectivity index (χ1) is 15.1. The van der Waals surface area contributed by atoms with Crippen LogP contribution in [0, 0.1) is 32.1 Å². The summed E-state index contributed by atoms with van der Waals surface area (Å²) in [4.78, 5) is 16.5. The number of aryl methyl sites for hydroxylation is 2.